The second-order valence-electron chi connectivity index (χ2n) is 8.43. The summed E-state index contributed by atoms with van der Waals surface area (Å²) in [6, 6.07) is 2.05. The summed E-state index contributed by atoms with van der Waals surface area (Å²) in [5.41, 5.74) is 0. The average molecular weight is 341 g/mol. The smallest absolute Gasteiger partial charge is 0.0900 e. The summed E-state index contributed by atoms with van der Waals surface area (Å²) in [7, 11) is 0. The van der Waals surface area contributed by atoms with Gasteiger partial charge in [-0.1, -0.05) is 26.7 Å². The van der Waals surface area contributed by atoms with Crippen molar-refractivity contribution in [2.24, 2.45) is 0 Å². The Bertz CT molecular complexity index is 292. The Morgan fingerprint density at radius 3 is 0.833 bits per heavy atom. The number of rotatable bonds is 8. The minimum atomic E-state index is 0.452. The van der Waals surface area contributed by atoms with E-state index in [1.165, 1.54) is 25.7 Å². The summed E-state index contributed by atoms with van der Waals surface area (Å²) in [6.45, 7) is 23.4. The summed E-state index contributed by atoms with van der Waals surface area (Å²) < 4.78 is 0. The topological polar surface area (TPSA) is 13.0 Å². The average Bonchev–Trinajstić information content (AvgIpc) is 2.46. The van der Waals surface area contributed by atoms with Crippen molar-refractivity contribution in [1.82, 2.24) is 20.0 Å². The number of hydrogen-bond donors (Lipinski definition) is 0. The first-order valence-electron chi connectivity index (χ1n) is 10.3. The molecule has 0 bridgehead atoms. The van der Waals surface area contributed by atoms with E-state index in [-0.39, 0.29) is 0 Å². The van der Waals surface area contributed by atoms with Gasteiger partial charge in [-0.3, -0.25) is 0 Å². The molecule has 1 saturated heterocycles. The van der Waals surface area contributed by atoms with Crippen molar-refractivity contribution in [3.05, 3.63) is 0 Å². The van der Waals surface area contributed by atoms with Crippen molar-refractivity contribution < 1.29 is 0 Å². The lowest BCUT2D eigenvalue weighted by atomic mass is 10.1. The molecule has 0 unspecified atom stereocenters. The first-order chi connectivity index (χ1) is 11.2. The highest BCUT2D eigenvalue weighted by molar-refractivity contribution is 4.88. The molecule has 0 saturated carbocycles. The van der Waals surface area contributed by atoms with Crippen molar-refractivity contribution in [2.45, 2.75) is 131 Å². The highest BCUT2D eigenvalue weighted by Gasteiger charge is 2.47. The third kappa shape index (κ3) is 4.51. The van der Waals surface area contributed by atoms with Crippen LogP contribution in [-0.2, 0) is 0 Å². The van der Waals surface area contributed by atoms with Crippen LogP contribution in [0.3, 0.4) is 0 Å². The minimum absolute atomic E-state index is 0.452. The van der Waals surface area contributed by atoms with Gasteiger partial charge in [0.1, 0.15) is 0 Å². The van der Waals surface area contributed by atoms with Crippen molar-refractivity contribution in [3.63, 3.8) is 0 Å². The SMILES string of the molecule is CCCC1N(C(C)C)N(C(C)C)C(CCC)N(C(C)C)N1C(C)C. The minimum Gasteiger partial charge on any atom is -0.219 e. The monoisotopic (exact) mass is 340 g/mol. The van der Waals surface area contributed by atoms with Gasteiger partial charge < -0.3 is 0 Å². The molecule has 0 atom stereocenters. The van der Waals surface area contributed by atoms with Crippen LogP contribution >= 0.6 is 0 Å². The Morgan fingerprint density at radius 2 is 0.708 bits per heavy atom. The molecule has 0 radical (unpaired) electrons. The molecule has 144 valence electrons. The second-order valence-corrected chi connectivity index (χ2v) is 8.43. The molecule has 1 aliphatic heterocycles. The predicted molar refractivity (Wildman–Crippen MR) is 105 cm³/mol. The van der Waals surface area contributed by atoms with Gasteiger partial charge in [-0.2, -0.15) is 0 Å². The predicted octanol–water partition coefficient (Wildman–Crippen LogP) is 4.92. The van der Waals surface area contributed by atoms with Crippen molar-refractivity contribution >= 4 is 0 Å². The molecule has 4 heteroatoms. The van der Waals surface area contributed by atoms with E-state index >= 15 is 0 Å². The van der Waals surface area contributed by atoms with E-state index in [4.69, 9.17) is 0 Å². The summed E-state index contributed by atoms with van der Waals surface area (Å²) in [4.78, 5) is 0. The maximum atomic E-state index is 2.69. The fourth-order valence-electron chi connectivity index (χ4n) is 4.35. The zero-order chi connectivity index (χ0) is 18.6. The Labute approximate surface area is 152 Å². The van der Waals surface area contributed by atoms with Gasteiger partial charge in [0.15, 0.2) is 0 Å². The van der Waals surface area contributed by atoms with Crippen LogP contribution in [0.5, 0.6) is 0 Å². The molecule has 1 aliphatic rings. The largest absolute Gasteiger partial charge is 0.219 e. The Balaban J connectivity index is 3.45. The quantitative estimate of drug-likeness (QED) is 0.621. The van der Waals surface area contributed by atoms with Crippen molar-refractivity contribution in [2.75, 3.05) is 0 Å². The summed E-state index contributed by atoms with van der Waals surface area (Å²) in [5.74, 6) is 0. The molecule has 0 aromatic carbocycles. The van der Waals surface area contributed by atoms with Crippen LogP contribution in [0.25, 0.3) is 0 Å². The summed E-state index contributed by atoms with van der Waals surface area (Å²) in [6.07, 6.45) is 5.75. The highest BCUT2D eigenvalue weighted by atomic mass is 15.9. The standard InChI is InChI=1S/C20H44N4/c1-11-13-19-21(15(3)4)23(17(7)8)20(14-12-2)24(18(9)10)22(19)16(5)6/h15-20H,11-14H2,1-10H3. The Kier molecular flexibility index (Phi) is 8.67. The first-order valence-corrected chi connectivity index (χ1v) is 10.3. The molecular weight excluding hydrogens is 296 g/mol. The van der Waals surface area contributed by atoms with E-state index in [9.17, 15) is 0 Å². The molecule has 1 fully saturated rings. The molecule has 0 amide bonds. The van der Waals surface area contributed by atoms with Crippen LogP contribution < -0.4 is 0 Å². The van der Waals surface area contributed by atoms with Gasteiger partial charge in [0.25, 0.3) is 0 Å². The van der Waals surface area contributed by atoms with Gasteiger partial charge in [-0.05, 0) is 68.2 Å². The molecule has 1 heterocycles. The van der Waals surface area contributed by atoms with Crippen LogP contribution in [0.2, 0.25) is 0 Å². The maximum absolute atomic E-state index is 2.69. The Hall–Kier alpha value is -0.160. The molecule has 0 aliphatic carbocycles. The lowest BCUT2D eigenvalue weighted by molar-refractivity contribution is -0.335. The fraction of sp³-hybridized carbons (Fsp3) is 1.00. The first kappa shape index (κ1) is 21.9. The van der Waals surface area contributed by atoms with Gasteiger partial charge in [0.05, 0.1) is 12.3 Å². The third-order valence-electron chi connectivity index (χ3n) is 4.96. The van der Waals surface area contributed by atoms with E-state index in [0.717, 1.165) is 0 Å². The van der Waals surface area contributed by atoms with Gasteiger partial charge >= 0.3 is 0 Å². The van der Waals surface area contributed by atoms with Crippen LogP contribution in [-0.4, -0.2) is 56.5 Å². The highest BCUT2D eigenvalue weighted by Crippen LogP contribution is 2.35. The van der Waals surface area contributed by atoms with E-state index in [1.807, 2.05) is 0 Å². The van der Waals surface area contributed by atoms with Crippen LogP contribution in [0.4, 0.5) is 0 Å². The molecule has 4 nitrogen and oxygen atoms in total. The van der Waals surface area contributed by atoms with E-state index in [1.54, 1.807) is 0 Å². The molecular formula is C20H44N4. The Morgan fingerprint density at radius 1 is 0.500 bits per heavy atom. The molecule has 0 aromatic rings. The van der Waals surface area contributed by atoms with Gasteiger partial charge in [-0.25, -0.2) is 20.0 Å². The lowest BCUT2D eigenvalue weighted by Gasteiger charge is -2.63. The van der Waals surface area contributed by atoms with E-state index in [2.05, 4.69) is 89.3 Å². The molecule has 24 heavy (non-hydrogen) atoms. The molecule has 0 aromatic heterocycles. The number of hydrogen-bond acceptors (Lipinski definition) is 4. The third-order valence-corrected chi connectivity index (χ3v) is 4.96. The molecule has 1 rings (SSSR count). The zero-order valence-corrected chi connectivity index (χ0v) is 18.1. The van der Waals surface area contributed by atoms with Crippen LogP contribution in [0, 0.1) is 0 Å². The molecule has 0 spiro atoms. The molecule has 0 N–H and O–H groups in total. The zero-order valence-electron chi connectivity index (χ0n) is 18.1. The van der Waals surface area contributed by atoms with Gasteiger partial charge in [-0.15, -0.1) is 0 Å². The second kappa shape index (κ2) is 9.51. The number of hydrazine groups is 2. The van der Waals surface area contributed by atoms with Crippen molar-refractivity contribution in [3.8, 4) is 0 Å². The number of nitrogens with zero attached hydrogens (tertiary/aromatic N) is 4. The van der Waals surface area contributed by atoms with E-state index < -0.39 is 0 Å². The fourth-order valence-corrected chi connectivity index (χ4v) is 4.35. The van der Waals surface area contributed by atoms with E-state index in [0.29, 0.717) is 36.5 Å². The summed E-state index contributed by atoms with van der Waals surface area (Å²) in [5, 5.41) is 10.8. The van der Waals surface area contributed by atoms with Gasteiger partial charge in [0.2, 0.25) is 0 Å². The van der Waals surface area contributed by atoms with Crippen LogP contribution in [0.15, 0.2) is 0 Å². The lowest BCUT2D eigenvalue weighted by Crippen LogP contribution is -2.77. The normalized spacial score (nSPS) is 25.8. The maximum Gasteiger partial charge on any atom is 0.0900 e. The summed E-state index contributed by atoms with van der Waals surface area (Å²) >= 11 is 0. The van der Waals surface area contributed by atoms with Crippen LogP contribution in [0.1, 0.15) is 94.9 Å². The van der Waals surface area contributed by atoms with Crippen molar-refractivity contribution in [1.29, 1.82) is 0 Å². The van der Waals surface area contributed by atoms with Gasteiger partial charge in [0, 0.05) is 24.2 Å².